The van der Waals surface area contributed by atoms with Crippen LogP contribution in [0.2, 0.25) is 0 Å². The summed E-state index contributed by atoms with van der Waals surface area (Å²) in [6.45, 7) is 5.40. The molecule has 78 valence electrons. The van der Waals surface area contributed by atoms with Gasteiger partial charge in [0.05, 0.1) is 12.2 Å². The van der Waals surface area contributed by atoms with Crippen LogP contribution in [0.1, 0.15) is 18.4 Å². The molecular weight excluding hydrogens is 182 g/mol. The van der Waals surface area contributed by atoms with Crippen LogP contribution in [0.5, 0.6) is 0 Å². The number of carboxylic acids is 1. The molecule has 1 atom stereocenters. The summed E-state index contributed by atoms with van der Waals surface area (Å²) in [5.74, 6) is -0.233. The molecule has 0 fully saturated rings. The van der Waals surface area contributed by atoms with Crippen LogP contribution < -0.4 is 5.73 Å². The third kappa shape index (κ3) is 2.11. The summed E-state index contributed by atoms with van der Waals surface area (Å²) in [7, 11) is 0. The van der Waals surface area contributed by atoms with E-state index in [1.54, 1.807) is 10.8 Å². The number of rotatable bonds is 3. The topological polar surface area (TPSA) is 81.1 Å². The monoisotopic (exact) mass is 197 g/mol. The van der Waals surface area contributed by atoms with Gasteiger partial charge in [0.1, 0.15) is 11.4 Å². The third-order valence-corrected chi connectivity index (χ3v) is 2.08. The van der Waals surface area contributed by atoms with E-state index in [1.165, 1.54) is 6.92 Å². The average Bonchev–Trinajstić information content (AvgIpc) is 2.29. The van der Waals surface area contributed by atoms with Gasteiger partial charge in [-0.3, -0.25) is 4.79 Å². The Hall–Kier alpha value is -1.36. The minimum Gasteiger partial charge on any atom is -0.480 e. The lowest BCUT2D eigenvalue weighted by Crippen LogP contribution is -2.48. The lowest BCUT2D eigenvalue weighted by Gasteiger charge is -2.20. The lowest BCUT2D eigenvalue weighted by molar-refractivity contribution is -0.143. The van der Waals surface area contributed by atoms with Gasteiger partial charge in [-0.1, -0.05) is 0 Å². The predicted molar refractivity (Wildman–Crippen MR) is 51.9 cm³/mol. The molecule has 1 unspecified atom stereocenters. The Bertz CT molecular complexity index is 355. The number of aliphatic carboxylic acids is 1. The Morgan fingerprint density at radius 2 is 2.29 bits per heavy atom. The molecule has 0 amide bonds. The highest BCUT2D eigenvalue weighted by Gasteiger charge is 2.28. The molecule has 0 aliphatic heterocycles. The highest BCUT2D eigenvalue weighted by atomic mass is 16.4. The Labute approximate surface area is 82.6 Å². The summed E-state index contributed by atoms with van der Waals surface area (Å²) >= 11 is 0. The van der Waals surface area contributed by atoms with Crippen LogP contribution >= 0.6 is 0 Å². The van der Waals surface area contributed by atoms with Crippen LogP contribution in [-0.4, -0.2) is 26.2 Å². The second-order valence-electron chi connectivity index (χ2n) is 3.78. The number of nitrogens with two attached hydrogens (primary N) is 1. The van der Waals surface area contributed by atoms with E-state index in [0.29, 0.717) is 0 Å². The van der Waals surface area contributed by atoms with Crippen molar-refractivity contribution in [1.29, 1.82) is 0 Å². The predicted octanol–water partition coefficient (Wildman–Crippen LogP) is 0.302. The summed E-state index contributed by atoms with van der Waals surface area (Å²) in [5.41, 5.74) is 5.23. The van der Waals surface area contributed by atoms with Crippen LogP contribution in [0.3, 0.4) is 0 Å². The van der Waals surface area contributed by atoms with Crippen molar-refractivity contribution in [3.8, 4) is 0 Å². The smallest absolute Gasteiger partial charge is 0.325 e. The van der Waals surface area contributed by atoms with Crippen LogP contribution in [0.4, 0.5) is 0 Å². The first kappa shape index (κ1) is 10.7. The van der Waals surface area contributed by atoms with E-state index in [1.807, 2.05) is 13.8 Å². The maximum Gasteiger partial charge on any atom is 0.325 e. The van der Waals surface area contributed by atoms with Gasteiger partial charge in [0.15, 0.2) is 0 Å². The molecule has 14 heavy (non-hydrogen) atoms. The normalized spacial score (nSPS) is 15.1. The van der Waals surface area contributed by atoms with Gasteiger partial charge in [-0.25, -0.2) is 4.98 Å². The standard InChI is InChI=1S/C9H15N3O2/c1-6-4-12(7(2)11-6)5-9(3,10)8(13)14/h4H,5,10H2,1-3H3,(H,13,14). The first-order valence-corrected chi connectivity index (χ1v) is 4.35. The van der Waals surface area contributed by atoms with E-state index < -0.39 is 11.5 Å². The van der Waals surface area contributed by atoms with Crippen LogP contribution in [0, 0.1) is 13.8 Å². The van der Waals surface area contributed by atoms with E-state index in [9.17, 15) is 4.79 Å². The molecule has 1 heterocycles. The minimum absolute atomic E-state index is 0.231. The molecule has 1 aromatic heterocycles. The molecule has 0 radical (unpaired) electrons. The quantitative estimate of drug-likeness (QED) is 0.730. The van der Waals surface area contributed by atoms with Gasteiger partial charge in [0.2, 0.25) is 0 Å². The van der Waals surface area contributed by atoms with Gasteiger partial charge in [0.25, 0.3) is 0 Å². The molecule has 0 saturated heterocycles. The maximum atomic E-state index is 10.8. The summed E-state index contributed by atoms with van der Waals surface area (Å²) in [6, 6.07) is 0. The van der Waals surface area contributed by atoms with Gasteiger partial charge in [-0.2, -0.15) is 0 Å². The molecule has 0 aromatic carbocycles. The highest BCUT2D eigenvalue weighted by molar-refractivity contribution is 5.77. The Morgan fingerprint density at radius 1 is 1.71 bits per heavy atom. The van der Waals surface area contributed by atoms with Crippen LogP contribution in [0.15, 0.2) is 6.20 Å². The van der Waals surface area contributed by atoms with Crippen LogP contribution in [0.25, 0.3) is 0 Å². The van der Waals surface area contributed by atoms with Crippen molar-refractivity contribution in [2.75, 3.05) is 0 Å². The van der Waals surface area contributed by atoms with Gasteiger partial charge in [0, 0.05) is 6.20 Å². The van der Waals surface area contributed by atoms with Gasteiger partial charge >= 0.3 is 5.97 Å². The van der Waals surface area contributed by atoms with Crippen molar-refractivity contribution >= 4 is 5.97 Å². The largest absolute Gasteiger partial charge is 0.480 e. The first-order chi connectivity index (χ1) is 6.33. The number of hydrogen-bond acceptors (Lipinski definition) is 3. The van der Waals surface area contributed by atoms with Gasteiger partial charge < -0.3 is 15.4 Å². The fraction of sp³-hybridized carbons (Fsp3) is 0.556. The third-order valence-electron chi connectivity index (χ3n) is 2.08. The van der Waals surface area contributed by atoms with E-state index in [4.69, 9.17) is 10.8 Å². The summed E-state index contributed by atoms with van der Waals surface area (Å²) in [6.07, 6.45) is 1.80. The zero-order chi connectivity index (χ0) is 10.9. The molecule has 0 saturated carbocycles. The zero-order valence-corrected chi connectivity index (χ0v) is 8.61. The number of carbonyl (C=O) groups is 1. The summed E-state index contributed by atoms with van der Waals surface area (Å²) in [5, 5.41) is 8.84. The number of nitrogens with zero attached hydrogens (tertiary/aromatic N) is 2. The molecule has 3 N–H and O–H groups in total. The molecule has 5 nitrogen and oxygen atoms in total. The molecule has 0 spiro atoms. The van der Waals surface area contributed by atoms with Crippen molar-refractivity contribution in [2.24, 2.45) is 5.73 Å². The molecule has 1 rings (SSSR count). The van der Waals surface area contributed by atoms with Gasteiger partial charge in [-0.05, 0) is 20.8 Å². The number of imidazole rings is 1. The number of carboxylic acid groups (broad SMARTS) is 1. The second-order valence-corrected chi connectivity index (χ2v) is 3.78. The zero-order valence-electron chi connectivity index (χ0n) is 8.61. The number of aryl methyl sites for hydroxylation is 2. The van der Waals surface area contributed by atoms with Crippen molar-refractivity contribution < 1.29 is 9.90 Å². The number of hydrogen-bond donors (Lipinski definition) is 2. The Balaban J connectivity index is 2.88. The van der Waals surface area contributed by atoms with Crippen molar-refractivity contribution in [2.45, 2.75) is 32.9 Å². The molecule has 5 heteroatoms. The number of aromatic nitrogens is 2. The SMILES string of the molecule is Cc1cn(CC(C)(N)C(=O)O)c(C)n1. The van der Waals surface area contributed by atoms with E-state index in [0.717, 1.165) is 11.5 Å². The van der Waals surface area contributed by atoms with Crippen molar-refractivity contribution in [1.82, 2.24) is 9.55 Å². The molecule has 0 bridgehead atoms. The van der Waals surface area contributed by atoms with Crippen molar-refractivity contribution in [3.05, 3.63) is 17.7 Å². The fourth-order valence-electron chi connectivity index (χ4n) is 1.25. The van der Waals surface area contributed by atoms with E-state index in [-0.39, 0.29) is 6.54 Å². The molecular formula is C9H15N3O2. The summed E-state index contributed by atoms with van der Waals surface area (Å²) < 4.78 is 1.75. The van der Waals surface area contributed by atoms with Crippen molar-refractivity contribution in [3.63, 3.8) is 0 Å². The first-order valence-electron chi connectivity index (χ1n) is 4.35. The molecule has 0 aliphatic carbocycles. The van der Waals surface area contributed by atoms with Gasteiger partial charge in [-0.15, -0.1) is 0 Å². The summed E-state index contributed by atoms with van der Waals surface area (Å²) in [4.78, 5) is 15.0. The maximum absolute atomic E-state index is 10.8. The Kier molecular flexibility index (Phi) is 2.62. The molecule has 0 aliphatic rings. The average molecular weight is 197 g/mol. The lowest BCUT2D eigenvalue weighted by atomic mass is 10.1. The minimum atomic E-state index is -1.25. The second kappa shape index (κ2) is 3.42. The Morgan fingerprint density at radius 3 is 2.64 bits per heavy atom. The van der Waals surface area contributed by atoms with Crippen LogP contribution in [-0.2, 0) is 11.3 Å². The van der Waals surface area contributed by atoms with E-state index in [2.05, 4.69) is 4.98 Å². The fourth-order valence-corrected chi connectivity index (χ4v) is 1.25. The highest BCUT2D eigenvalue weighted by Crippen LogP contribution is 2.08. The van der Waals surface area contributed by atoms with E-state index >= 15 is 0 Å². The molecule has 1 aromatic rings.